The van der Waals surface area contributed by atoms with Gasteiger partial charge >= 0.3 is 6.09 Å². The van der Waals surface area contributed by atoms with E-state index < -0.39 is 6.09 Å². The third kappa shape index (κ3) is 5.13. The van der Waals surface area contributed by atoms with Crippen LogP contribution in [0, 0.1) is 0 Å². The van der Waals surface area contributed by atoms with E-state index in [4.69, 9.17) is 4.74 Å². The van der Waals surface area contributed by atoms with Gasteiger partial charge in [0.1, 0.15) is 11.5 Å². The van der Waals surface area contributed by atoms with Crippen molar-refractivity contribution in [2.75, 3.05) is 7.05 Å². The van der Waals surface area contributed by atoms with Crippen LogP contribution < -0.4 is 15.5 Å². The molecule has 2 aromatic rings. The Morgan fingerprint density at radius 2 is 2.00 bits per heavy atom. The van der Waals surface area contributed by atoms with Crippen molar-refractivity contribution in [2.24, 2.45) is 5.10 Å². The second kappa shape index (κ2) is 8.33. The summed E-state index contributed by atoms with van der Waals surface area (Å²) in [4.78, 5) is 23.1. The molecule has 124 valence electrons. The number of nitrogens with one attached hydrogen (secondary N) is 2. The molecule has 0 aliphatic carbocycles. The molecule has 0 heterocycles. The molecule has 3 N–H and O–H groups in total. The Balaban J connectivity index is 1.96. The van der Waals surface area contributed by atoms with Crippen LogP contribution in [0.4, 0.5) is 4.79 Å². The summed E-state index contributed by atoms with van der Waals surface area (Å²) in [6.07, 6.45) is 0.879. The molecule has 0 unspecified atom stereocenters. The first-order valence-corrected chi connectivity index (χ1v) is 7.17. The fourth-order valence-electron chi connectivity index (χ4n) is 1.90. The third-order valence-electron chi connectivity index (χ3n) is 2.99. The zero-order valence-corrected chi connectivity index (χ0v) is 13.0. The van der Waals surface area contributed by atoms with Crippen molar-refractivity contribution >= 4 is 18.2 Å². The fraction of sp³-hybridized carbons (Fsp3) is 0.118. The minimum absolute atomic E-state index is 0.0854. The van der Waals surface area contributed by atoms with Gasteiger partial charge in [-0.25, -0.2) is 10.2 Å². The lowest BCUT2D eigenvalue weighted by atomic mass is 10.1. The average molecular weight is 327 g/mol. The lowest BCUT2D eigenvalue weighted by molar-refractivity contribution is -0.120. The first-order chi connectivity index (χ1) is 11.6. The van der Waals surface area contributed by atoms with Crippen LogP contribution in [0.3, 0.4) is 0 Å². The van der Waals surface area contributed by atoms with Crippen molar-refractivity contribution in [3.8, 4) is 11.5 Å². The van der Waals surface area contributed by atoms with Gasteiger partial charge in [-0.3, -0.25) is 4.79 Å². The maximum absolute atomic E-state index is 11.8. The van der Waals surface area contributed by atoms with Gasteiger partial charge in [-0.2, -0.15) is 5.10 Å². The van der Waals surface area contributed by atoms with E-state index in [0.29, 0.717) is 16.9 Å². The van der Waals surface area contributed by atoms with Crippen LogP contribution in [0.2, 0.25) is 0 Å². The Morgan fingerprint density at radius 3 is 2.75 bits per heavy atom. The third-order valence-corrected chi connectivity index (χ3v) is 2.99. The Kier molecular flexibility index (Phi) is 5.90. The van der Waals surface area contributed by atoms with Crippen molar-refractivity contribution < 1.29 is 19.4 Å². The molecule has 0 aliphatic heterocycles. The second-order valence-corrected chi connectivity index (χ2v) is 4.82. The highest BCUT2D eigenvalue weighted by Crippen LogP contribution is 2.16. The number of hydrogen-bond acceptors (Lipinski definition) is 5. The normalized spacial score (nSPS) is 10.4. The van der Waals surface area contributed by atoms with Crippen molar-refractivity contribution in [3.05, 3.63) is 59.7 Å². The van der Waals surface area contributed by atoms with Crippen molar-refractivity contribution in [1.29, 1.82) is 0 Å². The van der Waals surface area contributed by atoms with E-state index in [1.807, 2.05) is 0 Å². The number of rotatable bonds is 5. The molecule has 7 nitrogen and oxygen atoms in total. The van der Waals surface area contributed by atoms with Gasteiger partial charge in [0.25, 0.3) is 0 Å². The van der Waals surface area contributed by atoms with Crippen LogP contribution in [0.15, 0.2) is 53.6 Å². The molecule has 0 fully saturated rings. The number of benzene rings is 2. The molecule has 2 rings (SSSR count). The SMILES string of the molecule is CNC(=O)Oc1ccccc1C=NNC(=O)Cc1cccc(O)c1. The summed E-state index contributed by atoms with van der Waals surface area (Å²) < 4.78 is 5.08. The van der Waals surface area contributed by atoms with Gasteiger partial charge in [-0.05, 0) is 29.8 Å². The van der Waals surface area contributed by atoms with Gasteiger partial charge in [-0.1, -0.05) is 24.3 Å². The molecule has 2 aromatic carbocycles. The lowest BCUT2D eigenvalue weighted by Crippen LogP contribution is -2.22. The van der Waals surface area contributed by atoms with Crippen LogP contribution >= 0.6 is 0 Å². The second-order valence-electron chi connectivity index (χ2n) is 4.82. The number of phenolic OH excluding ortho intramolecular Hbond substituents is 1. The molecule has 0 aliphatic rings. The van der Waals surface area contributed by atoms with Gasteiger partial charge in [0.2, 0.25) is 5.91 Å². The maximum atomic E-state index is 11.8. The molecule has 2 amide bonds. The van der Waals surface area contributed by atoms with Gasteiger partial charge < -0.3 is 15.2 Å². The predicted molar refractivity (Wildman–Crippen MR) is 89.1 cm³/mol. The largest absolute Gasteiger partial charge is 0.508 e. The monoisotopic (exact) mass is 327 g/mol. The Morgan fingerprint density at radius 1 is 1.21 bits per heavy atom. The molecular formula is C17H17N3O4. The van der Waals surface area contributed by atoms with E-state index in [1.165, 1.54) is 25.4 Å². The van der Waals surface area contributed by atoms with Crippen molar-refractivity contribution in [3.63, 3.8) is 0 Å². The summed E-state index contributed by atoms with van der Waals surface area (Å²) in [6, 6.07) is 13.2. The number of hydrogen-bond donors (Lipinski definition) is 3. The summed E-state index contributed by atoms with van der Waals surface area (Å²) in [6.45, 7) is 0. The van der Waals surface area contributed by atoms with E-state index in [-0.39, 0.29) is 18.1 Å². The Bertz CT molecular complexity index is 759. The average Bonchev–Trinajstić information content (AvgIpc) is 2.56. The van der Waals surface area contributed by atoms with Crippen molar-refractivity contribution in [2.45, 2.75) is 6.42 Å². The van der Waals surface area contributed by atoms with Crippen molar-refractivity contribution in [1.82, 2.24) is 10.7 Å². The van der Waals surface area contributed by atoms with Gasteiger partial charge in [0.05, 0.1) is 12.6 Å². The Labute approximate surface area is 139 Å². The Hall–Kier alpha value is -3.35. The topological polar surface area (TPSA) is 100 Å². The van der Waals surface area contributed by atoms with E-state index in [9.17, 15) is 14.7 Å². The molecule has 7 heteroatoms. The molecule has 24 heavy (non-hydrogen) atoms. The number of aromatic hydroxyl groups is 1. The minimum atomic E-state index is -0.594. The lowest BCUT2D eigenvalue weighted by Gasteiger charge is -2.06. The zero-order chi connectivity index (χ0) is 17.4. The van der Waals surface area contributed by atoms with E-state index in [2.05, 4.69) is 15.8 Å². The predicted octanol–water partition coefficient (Wildman–Crippen LogP) is 1.80. The first kappa shape index (κ1) is 17.0. The summed E-state index contributed by atoms with van der Waals surface area (Å²) in [5, 5.41) is 15.6. The number of carbonyl (C=O) groups excluding carboxylic acids is 2. The van der Waals surface area contributed by atoms with Crippen LogP contribution in [0.25, 0.3) is 0 Å². The zero-order valence-electron chi connectivity index (χ0n) is 13.0. The summed E-state index contributed by atoms with van der Waals surface area (Å²) in [7, 11) is 1.46. The molecule has 0 aromatic heterocycles. The molecule has 0 spiro atoms. The van der Waals surface area contributed by atoms with Crippen LogP contribution in [0.1, 0.15) is 11.1 Å². The minimum Gasteiger partial charge on any atom is -0.508 e. The smallest absolute Gasteiger partial charge is 0.412 e. The molecule has 0 radical (unpaired) electrons. The number of ether oxygens (including phenoxy) is 1. The summed E-state index contributed by atoms with van der Waals surface area (Å²) in [5.41, 5.74) is 3.60. The first-order valence-electron chi connectivity index (χ1n) is 7.17. The standard InChI is InChI=1S/C17H17N3O4/c1-18-17(23)24-15-8-3-2-6-13(15)11-19-20-16(22)10-12-5-4-7-14(21)9-12/h2-9,11,21H,10H2,1H3,(H,18,23)(H,20,22). The number of para-hydroxylation sites is 1. The van der Waals surface area contributed by atoms with E-state index in [1.54, 1.807) is 36.4 Å². The molecule has 0 saturated heterocycles. The van der Waals surface area contributed by atoms with Crippen LogP contribution in [0.5, 0.6) is 11.5 Å². The highest BCUT2D eigenvalue weighted by Gasteiger charge is 2.06. The number of amides is 2. The summed E-state index contributed by atoms with van der Waals surface area (Å²) in [5.74, 6) is 0.0912. The number of carbonyl (C=O) groups is 2. The molecule has 0 bridgehead atoms. The van der Waals surface area contributed by atoms with Gasteiger partial charge in [0, 0.05) is 12.6 Å². The summed E-state index contributed by atoms with van der Waals surface area (Å²) >= 11 is 0. The van der Waals surface area contributed by atoms with Gasteiger partial charge in [-0.15, -0.1) is 0 Å². The van der Waals surface area contributed by atoms with Gasteiger partial charge in [0.15, 0.2) is 0 Å². The highest BCUT2D eigenvalue weighted by atomic mass is 16.6. The molecule has 0 saturated carbocycles. The van der Waals surface area contributed by atoms with Crippen LogP contribution in [-0.2, 0) is 11.2 Å². The van der Waals surface area contributed by atoms with Crippen LogP contribution in [-0.4, -0.2) is 30.4 Å². The quantitative estimate of drug-likeness (QED) is 0.576. The number of nitrogens with zero attached hydrogens (tertiary/aromatic N) is 1. The molecular weight excluding hydrogens is 310 g/mol. The fourth-order valence-corrected chi connectivity index (χ4v) is 1.90. The van der Waals surface area contributed by atoms with E-state index >= 15 is 0 Å². The van der Waals surface area contributed by atoms with E-state index in [0.717, 1.165) is 0 Å². The number of phenols is 1. The molecule has 0 atom stereocenters. The number of hydrazone groups is 1. The maximum Gasteiger partial charge on any atom is 0.412 e. The highest BCUT2D eigenvalue weighted by molar-refractivity contribution is 5.87.